The first-order valence-electron chi connectivity index (χ1n) is 8.02. The Hall–Kier alpha value is -3.34. The van der Waals surface area contributed by atoms with Gasteiger partial charge in [0.2, 0.25) is 0 Å². The Labute approximate surface area is 157 Å². The van der Waals surface area contributed by atoms with Crippen molar-refractivity contribution >= 4 is 22.9 Å². The molecule has 3 aromatic rings. The van der Waals surface area contributed by atoms with Crippen molar-refractivity contribution in [3.63, 3.8) is 0 Å². The lowest BCUT2D eigenvalue weighted by Crippen LogP contribution is -2.23. The van der Waals surface area contributed by atoms with Crippen LogP contribution < -0.4 is 4.90 Å². The molecule has 0 radical (unpaired) electrons. The molecule has 0 unspecified atom stereocenters. The van der Waals surface area contributed by atoms with Crippen LogP contribution >= 0.6 is 11.3 Å². The predicted molar refractivity (Wildman–Crippen MR) is 106 cm³/mol. The zero-order chi connectivity index (χ0) is 18.5. The van der Waals surface area contributed by atoms with E-state index in [0.29, 0.717) is 11.1 Å². The van der Waals surface area contributed by atoms with E-state index in [4.69, 9.17) is 5.26 Å². The van der Waals surface area contributed by atoms with E-state index >= 15 is 0 Å². The average molecular weight is 356 g/mol. The van der Waals surface area contributed by atoms with Crippen LogP contribution in [0.4, 0.5) is 5.69 Å². The molecule has 0 aliphatic rings. The molecule has 2 aromatic carbocycles. The first-order chi connectivity index (χ1) is 12.6. The van der Waals surface area contributed by atoms with Crippen LogP contribution in [0.25, 0.3) is 10.4 Å². The lowest BCUT2D eigenvalue weighted by atomic mass is 10.1. The van der Waals surface area contributed by atoms with E-state index in [0.717, 1.165) is 16.1 Å². The van der Waals surface area contributed by atoms with Crippen LogP contribution in [0.3, 0.4) is 0 Å². The van der Waals surface area contributed by atoms with Crippen molar-refractivity contribution in [1.29, 1.82) is 5.26 Å². The number of carbonyl (C=O) groups excluding carboxylic acids is 1. The summed E-state index contributed by atoms with van der Waals surface area (Å²) in [4.78, 5) is 15.0. The molecule has 0 fully saturated rings. The fourth-order valence-electron chi connectivity index (χ4n) is 2.33. The van der Waals surface area contributed by atoms with Crippen molar-refractivity contribution in [2.75, 3.05) is 11.9 Å². The van der Waals surface area contributed by atoms with Gasteiger partial charge in [-0.1, -0.05) is 35.7 Å². The summed E-state index contributed by atoms with van der Waals surface area (Å²) in [6.07, 6.45) is 0. The molecule has 0 atom stereocenters. The average Bonchev–Trinajstić information content (AvgIpc) is 3.16. The Balaban J connectivity index is 1.74. The second kappa shape index (κ2) is 7.70. The Bertz CT molecular complexity index is 1030. The molecule has 0 aliphatic heterocycles. The van der Waals surface area contributed by atoms with Crippen LogP contribution in [0.2, 0.25) is 0 Å². The second-order valence-corrected chi connectivity index (χ2v) is 6.75. The first kappa shape index (κ1) is 17.5. The molecule has 0 bridgehead atoms. The van der Waals surface area contributed by atoms with Gasteiger partial charge in [-0.3, -0.25) is 4.79 Å². The second-order valence-electron chi connectivity index (χ2n) is 5.84. The van der Waals surface area contributed by atoms with Crippen LogP contribution in [0, 0.1) is 30.1 Å². The van der Waals surface area contributed by atoms with Crippen molar-refractivity contribution in [3.8, 4) is 28.4 Å². The molecule has 0 N–H and O–H groups in total. The van der Waals surface area contributed by atoms with E-state index in [1.54, 1.807) is 47.5 Å². The SMILES string of the molecule is Cc1ccc(-c2cc(N(C)C(=O)C#Cc3ccc(C#N)cc3)cs2)cc1. The number of carbonyl (C=O) groups is 1. The van der Waals surface area contributed by atoms with Crippen LogP contribution in [-0.4, -0.2) is 13.0 Å². The van der Waals surface area contributed by atoms with Gasteiger partial charge < -0.3 is 4.90 Å². The summed E-state index contributed by atoms with van der Waals surface area (Å²) in [7, 11) is 1.72. The van der Waals surface area contributed by atoms with Gasteiger partial charge in [-0.15, -0.1) is 11.3 Å². The summed E-state index contributed by atoms with van der Waals surface area (Å²) in [6, 6.07) is 19.2. The third-order valence-corrected chi connectivity index (χ3v) is 4.91. The summed E-state index contributed by atoms with van der Waals surface area (Å²) in [5.74, 6) is 5.22. The van der Waals surface area contributed by atoms with E-state index in [1.807, 2.05) is 11.4 Å². The fraction of sp³-hybridized carbons (Fsp3) is 0.0909. The van der Waals surface area contributed by atoms with Crippen molar-refractivity contribution in [3.05, 3.63) is 76.7 Å². The molecule has 1 aromatic heterocycles. The third kappa shape index (κ3) is 4.00. The molecular weight excluding hydrogens is 340 g/mol. The number of hydrogen-bond acceptors (Lipinski definition) is 3. The monoisotopic (exact) mass is 356 g/mol. The van der Waals surface area contributed by atoms with Gasteiger partial charge in [0.25, 0.3) is 0 Å². The van der Waals surface area contributed by atoms with E-state index in [-0.39, 0.29) is 5.91 Å². The van der Waals surface area contributed by atoms with Crippen LogP contribution in [0.5, 0.6) is 0 Å². The Morgan fingerprint density at radius 3 is 2.35 bits per heavy atom. The van der Waals surface area contributed by atoms with E-state index in [2.05, 4.69) is 49.1 Å². The zero-order valence-corrected chi connectivity index (χ0v) is 15.3. The molecule has 0 spiro atoms. The number of anilines is 1. The Morgan fingerprint density at radius 1 is 1.04 bits per heavy atom. The minimum absolute atomic E-state index is 0.275. The number of nitriles is 1. The topological polar surface area (TPSA) is 44.1 Å². The van der Waals surface area contributed by atoms with Crippen molar-refractivity contribution in [1.82, 2.24) is 0 Å². The molecule has 1 amide bonds. The van der Waals surface area contributed by atoms with Gasteiger partial charge >= 0.3 is 5.91 Å². The van der Waals surface area contributed by atoms with Crippen molar-refractivity contribution < 1.29 is 4.79 Å². The first-order valence-corrected chi connectivity index (χ1v) is 8.90. The maximum absolute atomic E-state index is 12.3. The third-order valence-electron chi connectivity index (χ3n) is 3.94. The summed E-state index contributed by atoms with van der Waals surface area (Å²) < 4.78 is 0. The zero-order valence-electron chi connectivity index (χ0n) is 14.5. The van der Waals surface area contributed by atoms with Crippen molar-refractivity contribution in [2.24, 2.45) is 0 Å². The molecule has 126 valence electrons. The maximum atomic E-state index is 12.3. The van der Waals surface area contributed by atoms with Gasteiger partial charge in [-0.2, -0.15) is 5.26 Å². The number of hydrogen-bond donors (Lipinski definition) is 0. The summed E-state index contributed by atoms with van der Waals surface area (Å²) in [5.41, 5.74) is 4.45. The minimum Gasteiger partial charge on any atom is -0.304 e. The van der Waals surface area contributed by atoms with Gasteiger partial charge in [0, 0.05) is 28.8 Å². The summed E-state index contributed by atoms with van der Waals surface area (Å²) in [6.45, 7) is 2.06. The number of amides is 1. The van der Waals surface area contributed by atoms with Gasteiger partial charge in [0.15, 0.2) is 0 Å². The normalized spacial score (nSPS) is 9.73. The number of rotatable bonds is 2. The lowest BCUT2D eigenvalue weighted by molar-refractivity contribution is -0.113. The van der Waals surface area contributed by atoms with Gasteiger partial charge in [-0.25, -0.2) is 0 Å². The van der Waals surface area contributed by atoms with E-state index in [9.17, 15) is 4.79 Å². The smallest absolute Gasteiger partial charge is 0.303 e. The number of aryl methyl sites for hydroxylation is 1. The highest BCUT2D eigenvalue weighted by Crippen LogP contribution is 2.31. The van der Waals surface area contributed by atoms with Crippen molar-refractivity contribution in [2.45, 2.75) is 6.92 Å². The predicted octanol–water partition coefficient (Wildman–Crippen LogP) is 4.61. The summed E-state index contributed by atoms with van der Waals surface area (Å²) in [5, 5.41) is 10.8. The molecule has 1 heterocycles. The van der Waals surface area contributed by atoms with Gasteiger partial charge in [0.1, 0.15) is 0 Å². The molecule has 0 saturated carbocycles. The molecule has 0 saturated heterocycles. The number of thiophene rings is 1. The van der Waals surface area contributed by atoms with E-state index < -0.39 is 0 Å². The highest BCUT2D eigenvalue weighted by atomic mass is 32.1. The fourth-order valence-corrected chi connectivity index (χ4v) is 3.26. The van der Waals surface area contributed by atoms with Crippen LogP contribution in [0.15, 0.2) is 60.0 Å². The molecule has 3 rings (SSSR count). The number of nitrogens with zero attached hydrogens (tertiary/aromatic N) is 2. The minimum atomic E-state index is -0.275. The molecule has 3 nitrogen and oxygen atoms in total. The summed E-state index contributed by atoms with van der Waals surface area (Å²) >= 11 is 1.60. The maximum Gasteiger partial charge on any atom is 0.303 e. The quantitative estimate of drug-likeness (QED) is 0.629. The van der Waals surface area contributed by atoms with Gasteiger partial charge in [0.05, 0.1) is 17.3 Å². The highest BCUT2D eigenvalue weighted by Gasteiger charge is 2.11. The number of benzene rings is 2. The Kier molecular flexibility index (Phi) is 5.17. The lowest BCUT2D eigenvalue weighted by Gasteiger charge is -2.10. The molecular formula is C22H16N2OS. The standard InChI is InChI=1S/C22H16N2OS/c1-16-3-10-19(11-4-16)21-13-20(15-26-21)24(2)22(25)12-9-17-5-7-18(14-23)8-6-17/h3-8,10-11,13,15H,1-2H3. The van der Waals surface area contributed by atoms with Crippen LogP contribution in [0.1, 0.15) is 16.7 Å². The molecule has 4 heteroatoms. The largest absolute Gasteiger partial charge is 0.304 e. The van der Waals surface area contributed by atoms with Gasteiger partial charge in [-0.05, 0) is 42.8 Å². The Morgan fingerprint density at radius 2 is 1.69 bits per heavy atom. The highest BCUT2D eigenvalue weighted by molar-refractivity contribution is 7.14. The van der Waals surface area contributed by atoms with E-state index in [1.165, 1.54) is 5.56 Å². The van der Waals surface area contributed by atoms with Crippen LogP contribution in [-0.2, 0) is 4.79 Å². The molecule has 0 aliphatic carbocycles. The molecule has 26 heavy (non-hydrogen) atoms.